The predicted octanol–water partition coefficient (Wildman–Crippen LogP) is 4.17. The highest BCUT2D eigenvalue weighted by Crippen LogP contribution is 2.30. The summed E-state index contributed by atoms with van der Waals surface area (Å²) in [6.07, 6.45) is -3.89. The first-order valence-corrected chi connectivity index (χ1v) is 5.08. The van der Waals surface area contributed by atoms with E-state index >= 15 is 0 Å². The molecule has 16 heavy (non-hydrogen) atoms. The molecule has 1 nitrogen and oxygen atoms in total. The molecule has 0 saturated carbocycles. The Bertz CT molecular complexity index is 375. The molecule has 0 aliphatic rings. The zero-order valence-corrected chi connectivity index (χ0v) is 9.52. The minimum absolute atomic E-state index is 0.0525. The average Bonchev–Trinajstić information content (AvgIpc) is 2.29. The molecule has 0 heterocycles. The lowest BCUT2D eigenvalue weighted by atomic mass is 10.0. The second-order valence-electron chi connectivity index (χ2n) is 2.88. The quantitative estimate of drug-likeness (QED) is 0.709. The van der Waals surface area contributed by atoms with Crippen LogP contribution in [0.15, 0.2) is 18.2 Å². The van der Waals surface area contributed by atoms with Crippen LogP contribution in [0.5, 0.6) is 0 Å². The summed E-state index contributed by atoms with van der Waals surface area (Å²) in [6.45, 7) is 5.75. The summed E-state index contributed by atoms with van der Waals surface area (Å²) in [4.78, 5) is 0. The number of rotatable bonds is 1. The first-order chi connectivity index (χ1) is 7.47. The molecule has 0 atom stereocenters. The van der Waals surface area contributed by atoms with Gasteiger partial charge in [-0.2, -0.15) is 18.4 Å². The van der Waals surface area contributed by atoms with E-state index in [1.807, 2.05) is 13.8 Å². The van der Waals surface area contributed by atoms with Gasteiger partial charge in [-0.15, -0.1) is 0 Å². The number of halogens is 3. The summed E-state index contributed by atoms with van der Waals surface area (Å²) in [5.41, 5.74) is -0.179. The summed E-state index contributed by atoms with van der Waals surface area (Å²) in [5.74, 6) is 0. The van der Waals surface area contributed by atoms with Crippen LogP contribution in [0.1, 0.15) is 37.5 Å². The first-order valence-electron chi connectivity index (χ1n) is 5.08. The Balaban J connectivity index is 0.00000106. The Morgan fingerprint density at radius 2 is 1.75 bits per heavy atom. The van der Waals surface area contributed by atoms with Crippen molar-refractivity contribution in [3.05, 3.63) is 34.9 Å². The van der Waals surface area contributed by atoms with Gasteiger partial charge in [0, 0.05) is 0 Å². The van der Waals surface area contributed by atoms with Crippen LogP contribution in [0.2, 0.25) is 0 Å². The molecule has 4 heteroatoms. The molecule has 0 amide bonds. The van der Waals surface area contributed by atoms with Crippen LogP contribution in [0, 0.1) is 11.3 Å². The van der Waals surface area contributed by atoms with Gasteiger partial charge in [0.15, 0.2) is 0 Å². The molecule has 1 rings (SSSR count). The Kier molecular flexibility index (Phi) is 5.59. The molecule has 0 fully saturated rings. The van der Waals surface area contributed by atoms with Crippen molar-refractivity contribution >= 4 is 0 Å². The third-order valence-corrected chi connectivity index (χ3v) is 1.86. The van der Waals surface area contributed by atoms with Gasteiger partial charge in [0.1, 0.15) is 0 Å². The van der Waals surface area contributed by atoms with Gasteiger partial charge in [-0.1, -0.05) is 20.8 Å². The maximum atomic E-state index is 12.3. The largest absolute Gasteiger partial charge is 0.416 e. The number of hydrogen-bond donors (Lipinski definition) is 0. The fourth-order valence-corrected chi connectivity index (χ4v) is 1.12. The van der Waals surface area contributed by atoms with E-state index in [-0.39, 0.29) is 5.56 Å². The van der Waals surface area contributed by atoms with Crippen molar-refractivity contribution in [1.82, 2.24) is 0 Å². The van der Waals surface area contributed by atoms with Gasteiger partial charge in [-0.25, -0.2) is 0 Å². The predicted molar refractivity (Wildman–Crippen MR) is 56.9 cm³/mol. The van der Waals surface area contributed by atoms with Crippen LogP contribution in [0.4, 0.5) is 13.2 Å². The van der Waals surface area contributed by atoms with E-state index in [0.29, 0.717) is 12.0 Å². The van der Waals surface area contributed by atoms with Crippen LogP contribution in [0.25, 0.3) is 0 Å². The molecule has 1 aromatic carbocycles. The Hall–Kier alpha value is -1.50. The second kappa shape index (κ2) is 6.16. The zero-order chi connectivity index (χ0) is 12.8. The molecule has 1 aromatic rings. The summed E-state index contributed by atoms with van der Waals surface area (Å²) < 4.78 is 36.9. The SMILES string of the molecule is CC.CCc1cc(C#N)cc(C(F)(F)F)c1. The Morgan fingerprint density at radius 3 is 2.12 bits per heavy atom. The fourth-order valence-electron chi connectivity index (χ4n) is 1.12. The molecular formula is C12H14F3N. The maximum absolute atomic E-state index is 12.3. The third kappa shape index (κ3) is 3.93. The van der Waals surface area contributed by atoms with Crippen molar-refractivity contribution in [2.75, 3.05) is 0 Å². The minimum Gasteiger partial charge on any atom is -0.192 e. The van der Waals surface area contributed by atoms with Gasteiger partial charge in [-0.3, -0.25) is 0 Å². The molecule has 0 N–H and O–H groups in total. The molecule has 0 aromatic heterocycles. The molecule has 0 aliphatic heterocycles. The van der Waals surface area contributed by atoms with Gasteiger partial charge in [-0.05, 0) is 30.2 Å². The van der Waals surface area contributed by atoms with Crippen molar-refractivity contribution in [1.29, 1.82) is 5.26 Å². The van der Waals surface area contributed by atoms with Crippen molar-refractivity contribution in [2.45, 2.75) is 33.4 Å². The Morgan fingerprint density at radius 1 is 1.19 bits per heavy atom. The highest BCUT2D eigenvalue weighted by molar-refractivity contribution is 5.38. The van der Waals surface area contributed by atoms with E-state index in [4.69, 9.17) is 5.26 Å². The van der Waals surface area contributed by atoms with E-state index in [9.17, 15) is 13.2 Å². The van der Waals surface area contributed by atoms with Gasteiger partial charge >= 0.3 is 6.18 Å². The smallest absolute Gasteiger partial charge is 0.192 e. The number of aryl methyl sites for hydroxylation is 1. The van der Waals surface area contributed by atoms with Gasteiger partial charge in [0.05, 0.1) is 17.2 Å². The highest BCUT2D eigenvalue weighted by atomic mass is 19.4. The average molecular weight is 229 g/mol. The summed E-state index contributed by atoms with van der Waals surface area (Å²) >= 11 is 0. The standard InChI is InChI=1S/C10H8F3N.C2H6/c1-2-7-3-8(6-14)5-9(4-7)10(11,12)13;1-2/h3-5H,2H2,1H3;1-2H3. The van der Waals surface area contributed by atoms with E-state index in [1.165, 1.54) is 6.07 Å². The van der Waals surface area contributed by atoms with E-state index in [1.54, 1.807) is 13.0 Å². The van der Waals surface area contributed by atoms with Gasteiger partial charge in [0.25, 0.3) is 0 Å². The minimum atomic E-state index is -4.38. The molecule has 0 unspecified atom stereocenters. The van der Waals surface area contributed by atoms with Crippen molar-refractivity contribution in [3.63, 3.8) is 0 Å². The maximum Gasteiger partial charge on any atom is 0.416 e. The Labute approximate surface area is 93.5 Å². The molecular weight excluding hydrogens is 215 g/mol. The lowest BCUT2D eigenvalue weighted by Gasteiger charge is -2.08. The van der Waals surface area contributed by atoms with Crippen molar-refractivity contribution in [3.8, 4) is 6.07 Å². The fraction of sp³-hybridized carbons (Fsp3) is 0.417. The first kappa shape index (κ1) is 14.5. The van der Waals surface area contributed by atoms with Crippen LogP contribution < -0.4 is 0 Å². The summed E-state index contributed by atoms with van der Waals surface area (Å²) in [5, 5.41) is 8.53. The van der Waals surface area contributed by atoms with Gasteiger partial charge in [0.2, 0.25) is 0 Å². The summed E-state index contributed by atoms with van der Waals surface area (Å²) in [6, 6.07) is 5.11. The summed E-state index contributed by atoms with van der Waals surface area (Å²) in [7, 11) is 0. The number of alkyl halides is 3. The number of benzene rings is 1. The van der Waals surface area contributed by atoms with Crippen molar-refractivity contribution in [2.24, 2.45) is 0 Å². The molecule has 0 bridgehead atoms. The van der Waals surface area contributed by atoms with Crippen LogP contribution in [-0.2, 0) is 12.6 Å². The molecule has 88 valence electrons. The van der Waals surface area contributed by atoms with E-state index in [2.05, 4.69) is 0 Å². The monoisotopic (exact) mass is 229 g/mol. The van der Waals surface area contributed by atoms with Crippen LogP contribution in [0.3, 0.4) is 0 Å². The van der Waals surface area contributed by atoms with Crippen molar-refractivity contribution < 1.29 is 13.2 Å². The lowest BCUT2D eigenvalue weighted by Crippen LogP contribution is -2.06. The highest BCUT2D eigenvalue weighted by Gasteiger charge is 2.30. The lowest BCUT2D eigenvalue weighted by molar-refractivity contribution is -0.137. The zero-order valence-electron chi connectivity index (χ0n) is 9.52. The normalized spacial score (nSPS) is 10.1. The van der Waals surface area contributed by atoms with E-state index in [0.717, 1.165) is 12.1 Å². The molecule has 0 aliphatic carbocycles. The third-order valence-electron chi connectivity index (χ3n) is 1.86. The van der Waals surface area contributed by atoms with E-state index < -0.39 is 11.7 Å². The number of hydrogen-bond acceptors (Lipinski definition) is 1. The van der Waals surface area contributed by atoms with Crippen LogP contribution >= 0.6 is 0 Å². The number of nitriles is 1. The van der Waals surface area contributed by atoms with Gasteiger partial charge < -0.3 is 0 Å². The molecule has 0 saturated heterocycles. The van der Waals surface area contributed by atoms with Crippen LogP contribution in [-0.4, -0.2) is 0 Å². The topological polar surface area (TPSA) is 23.8 Å². The second-order valence-corrected chi connectivity index (χ2v) is 2.88. The molecule has 0 spiro atoms. The number of nitrogens with zero attached hydrogens (tertiary/aromatic N) is 1. The molecule has 0 radical (unpaired) electrons.